The van der Waals surface area contributed by atoms with Crippen LogP contribution in [-0.2, 0) is 26.2 Å². The molecule has 0 radical (unpaired) electrons. The molecule has 0 bridgehead atoms. The molecule has 0 aliphatic carbocycles. The van der Waals surface area contributed by atoms with Crippen LogP contribution in [0.3, 0.4) is 0 Å². The maximum absolute atomic E-state index is 13.8. The van der Waals surface area contributed by atoms with Crippen LogP contribution in [0, 0.1) is 6.92 Å². The quantitative estimate of drug-likeness (QED) is 0.397. The van der Waals surface area contributed by atoms with Crippen LogP contribution < -0.4 is 14.4 Å². The van der Waals surface area contributed by atoms with Crippen molar-refractivity contribution < 1.29 is 22.7 Å². The Balaban J connectivity index is 2.00. The van der Waals surface area contributed by atoms with Gasteiger partial charge in [-0.25, -0.2) is 8.42 Å². The summed E-state index contributed by atoms with van der Waals surface area (Å²) in [5, 5.41) is 2.84. The van der Waals surface area contributed by atoms with E-state index in [9.17, 15) is 18.0 Å². The molecule has 1 atom stereocenters. The first-order valence-electron chi connectivity index (χ1n) is 12.4. The highest BCUT2D eigenvalue weighted by Crippen LogP contribution is 2.25. The Morgan fingerprint density at radius 3 is 2.05 bits per heavy atom. The molecule has 3 aromatic carbocycles. The van der Waals surface area contributed by atoms with Gasteiger partial charge in [0.05, 0.1) is 17.7 Å². The maximum atomic E-state index is 13.8. The van der Waals surface area contributed by atoms with Gasteiger partial charge in [0.25, 0.3) is 10.0 Å². The number of nitrogens with one attached hydrogen (secondary N) is 1. The predicted molar refractivity (Wildman–Crippen MR) is 148 cm³/mol. The average Bonchev–Trinajstić information content (AvgIpc) is 2.90. The number of ether oxygens (including phenoxy) is 1. The zero-order chi connectivity index (χ0) is 27.9. The molecule has 0 saturated heterocycles. The summed E-state index contributed by atoms with van der Waals surface area (Å²) in [5.41, 5.74) is 2.09. The van der Waals surface area contributed by atoms with Crippen LogP contribution in [0.4, 0.5) is 5.69 Å². The van der Waals surface area contributed by atoms with Crippen molar-refractivity contribution >= 4 is 27.5 Å². The van der Waals surface area contributed by atoms with Crippen molar-refractivity contribution in [2.75, 3.05) is 18.0 Å². The molecule has 3 aromatic rings. The minimum absolute atomic E-state index is 0.0701. The summed E-state index contributed by atoms with van der Waals surface area (Å²) in [6.45, 7) is 6.85. The Labute approximate surface area is 225 Å². The summed E-state index contributed by atoms with van der Waals surface area (Å²) < 4.78 is 33.7. The lowest BCUT2D eigenvalue weighted by molar-refractivity contribution is -0.139. The lowest BCUT2D eigenvalue weighted by Gasteiger charge is -2.32. The van der Waals surface area contributed by atoms with E-state index in [0.717, 1.165) is 15.4 Å². The molecule has 0 heterocycles. The second-order valence-electron chi connectivity index (χ2n) is 9.37. The lowest BCUT2D eigenvalue weighted by Crippen LogP contribution is -2.52. The number of aryl methyl sites for hydroxylation is 1. The highest BCUT2D eigenvalue weighted by Gasteiger charge is 2.32. The van der Waals surface area contributed by atoms with E-state index in [1.54, 1.807) is 68.6 Å². The molecule has 0 spiro atoms. The zero-order valence-electron chi connectivity index (χ0n) is 22.4. The predicted octanol–water partition coefficient (Wildman–Crippen LogP) is 4.14. The summed E-state index contributed by atoms with van der Waals surface area (Å²) in [5.74, 6) is -0.168. The molecule has 8 nitrogen and oxygen atoms in total. The normalized spacial score (nSPS) is 12.1. The number of rotatable bonds is 11. The lowest BCUT2D eigenvalue weighted by atomic mass is 10.1. The second kappa shape index (κ2) is 12.6. The topological polar surface area (TPSA) is 96.0 Å². The molecule has 0 saturated carbocycles. The number of nitrogens with zero attached hydrogens (tertiary/aromatic N) is 2. The third-order valence-electron chi connectivity index (χ3n) is 6.04. The summed E-state index contributed by atoms with van der Waals surface area (Å²) in [4.78, 5) is 28.3. The number of amides is 2. The molecule has 0 fully saturated rings. The van der Waals surface area contributed by atoms with E-state index in [0.29, 0.717) is 11.4 Å². The van der Waals surface area contributed by atoms with Gasteiger partial charge in [-0.1, -0.05) is 48.0 Å². The van der Waals surface area contributed by atoms with Crippen molar-refractivity contribution in [2.45, 2.75) is 51.2 Å². The van der Waals surface area contributed by atoms with Crippen molar-refractivity contribution in [1.82, 2.24) is 10.2 Å². The van der Waals surface area contributed by atoms with Gasteiger partial charge in [-0.15, -0.1) is 0 Å². The van der Waals surface area contributed by atoms with E-state index in [1.807, 2.05) is 32.9 Å². The van der Waals surface area contributed by atoms with Crippen LogP contribution in [0.2, 0.25) is 0 Å². The van der Waals surface area contributed by atoms with Crippen LogP contribution in [0.15, 0.2) is 83.8 Å². The fraction of sp³-hybridized carbons (Fsp3) is 0.310. The molecule has 0 aliphatic rings. The van der Waals surface area contributed by atoms with Crippen LogP contribution >= 0.6 is 0 Å². The molecule has 9 heteroatoms. The van der Waals surface area contributed by atoms with Gasteiger partial charge in [0.1, 0.15) is 18.3 Å². The maximum Gasteiger partial charge on any atom is 0.264 e. The van der Waals surface area contributed by atoms with Crippen molar-refractivity contribution in [3.05, 3.63) is 90.0 Å². The number of sulfonamides is 1. The standard InChI is InChI=1S/C29H35N3O5S/c1-21(2)30-29(34)23(4)31(19-24-13-17-26(37-5)18-14-24)28(33)20-32(25-15-11-22(3)12-16-25)38(35,36)27-9-7-6-8-10-27/h6-18,21,23H,19-20H2,1-5H3,(H,30,34)/t23-/m1/s1. The number of hydrogen-bond donors (Lipinski definition) is 1. The summed E-state index contributed by atoms with van der Waals surface area (Å²) in [6.07, 6.45) is 0. The molecule has 3 rings (SSSR count). The zero-order valence-corrected chi connectivity index (χ0v) is 23.2. The fourth-order valence-corrected chi connectivity index (χ4v) is 5.31. The van der Waals surface area contributed by atoms with E-state index in [2.05, 4.69) is 5.32 Å². The summed E-state index contributed by atoms with van der Waals surface area (Å²) in [6, 6.07) is 21.1. The van der Waals surface area contributed by atoms with Gasteiger partial charge < -0.3 is 15.0 Å². The van der Waals surface area contributed by atoms with Gasteiger partial charge >= 0.3 is 0 Å². The van der Waals surface area contributed by atoms with E-state index < -0.39 is 28.5 Å². The van der Waals surface area contributed by atoms with E-state index >= 15 is 0 Å². The number of carbonyl (C=O) groups excluding carboxylic acids is 2. The van der Waals surface area contributed by atoms with E-state index in [-0.39, 0.29) is 23.4 Å². The van der Waals surface area contributed by atoms with Gasteiger partial charge in [0.15, 0.2) is 0 Å². The Kier molecular flexibility index (Phi) is 9.52. The molecular weight excluding hydrogens is 502 g/mol. The number of methoxy groups -OCH3 is 1. The molecule has 38 heavy (non-hydrogen) atoms. The molecular formula is C29H35N3O5S. The molecule has 2 amide bonds. The minimum atomic E-state index is -4.07. The number of hydrogen-bond acceptors (Lipinski definition) is 5. The molecule has 1 N–H and O–H groups in total. The van der Waals surface area contributed by atoms with Gasteiger partial charge in [-0.05, 0) is 69.7 Å². The largest absolute Gasteiger partial charge is 0.497 e. The van der Waals surface area contributed by atoms with Gasteiger partial charge in [0.2, 0.25) is 11.8 Å². The summed E-state index contributed by atoms with van der Waals surface area (Å²) >= 11 is 0. The first-order valence-corrected chi connectivity index (χ1v) is 13.8. The van der Waals surface area contributed by atoms with Crippen LogP contribution in [-0.4, -0.2) is 50.9 Å². The third kappa shape index (κ3) is 7.13. The average molecular weight is 538 g/mol. The number of anilines is 1. The number of carbonyl (C=O) groups is 2. The van der Waals surface area contributed by atoms with Gasteiger partial charge in [-0.2, -0.15) is 0 Å². The molecule has 0 aromatic heterocycles. The van der Waals surface area contributed by atoms with Crippen molar-refractivity contribution in [1.29, 1.82) is 0 Å². The molecule has 202 valence electrons. The Hall–Kier alpha value is -3.85. The first kappa shape index (κ1) is 28.7. The van der Waals surface area contributed by atoms with Crippen LogP contribution in [0.25, 0.3) is 0 Å². The van der Waals surface area contributed by atoms with Crippen LogP contribution in [0.5, 0.6) is 5.75 Å². The van der Waals surface area contributed by atoms with E-state index in [1.165, 1.54) is 17.0 Å². The van der Waals surface area contributed by atoms with E-state index in [4.69, 9.17) is 4.74 Å². The highest BCUT2D eigenvalue weighted by atomic mass is 32.2. The second-order valence-corrected chi connectivity index (χ2v) is 11.2. The smallest absolute Gasteiger partial charge is 0.264 e. The monoisotopic (exact) mass is 537 g/mol. The Morgan fingerprint density at radius 2 is 1.50 bits per heavy atom. The van der Waals surface area contributed by atoms with Crippen LogP contribution in [0.1, 0.15) is 31.9 Å². The van der Waals surface area contributed by atoms with Crippen molar-refractivity contribution in [3.63, 3.8) is 0 Å². The Bertz CT molecular complexity index is 1320. The van der Waals surface area contributed by atoms with Gasteiger partial charge in [0, 0.05) is 12.6 Å². The molecule has 0 unspecified atom stereocenters. The minimum Gasteiger partial charge on any atom is -0.497 e. The molecule has 0 aliphatic heterocycles. The van der Waals surface area contributed by atoms with Crippen molar-refractivity contribution in [2.24, 2.45) is 0 Å². The highest BCUT2D eigenvalue weighted by molar-refractivity contribution is 7.92. The third-order valence-corrected chi connectivity index (χ3v) is 7.83. The summed E-state index contributed by atoms with van der Waals surface area (Å²) in [7, 11) is -2.51. The SMILES string of the molecule is COc1ccc(CN(C(=O)CN(c2ccc(C)cc2)S(=O)(=O)c2ccccc2)[C@H](C)C(=O)NC(C)C)cc1. The fourth-order valence-electron chi connectivity index (χ4n) is 3.87. The number of benzene rings is 3. The Morgan fingerprint density at radius 1 is 0.895 bits per heavy atom. The van der Waals surface area contributed by atoms with Gasteiger partial charge in [-0.3, -0.25) is 13.9 Å². The van der Waals surface area contributed by atoms with Crippen molar-refractivity contribution in [3.8, 4) is 5.75 Å². The first-order chi connectivity index (χ1) is 18.0.